The molecule has 0 saturated heterocycles. The number of aliphatic hydroxyl groups excluding tert-OH is 1. The van der Waals surface area contributed by atoms with Gasteiger partial charge in [-0.15, -0.1) is 0 Å². The third kappa shape index (κ3) is 3.51. The fraction of sp³-hybridized carbons (Fsp3) is 0.538. The van der Waals surface area contributed by atoms with Gasteiger partial charge in [-0.25, -0.2) is 0 Å². The molecule has 0 aromatic heterocycles. The van der Waals surface area contributed by atoms with Crippen LogP contribution in [0.1, 0.15) is 37.8 Å². The Kier molecular flexibility index (Phi) is 4.68. The molecule has 0 aliphatic heterocycles. The van der Waals surface area contributed by atoms with E-state index in [4.69, 9.17) is 0 Å². The van der Waals surface area contributed by atoms with Crippen LogP contribution in [-0.2, 0) is 12.8 Å². The zero-order valence-corrected chi connectivity index (χ0v) is 9.16. The second-order valence-electron chi connectivity index (χ2n) is 3.77. The quantitative estimate of drug-likeness (QED) is 0.760. The zero-order valence-electron chi connectivity index (χ0n) is 9.16. The van der Waals surface area contributed by atoms with Crippen molar-refractivity contribution in [2.75, 3.05) is 0 Å². The molecule has 1 atom stereocenters. The van der Waals surface area contributed by atoms with Crippen molar-refractivity contribution in [2.45, 2.75) is 45.6 Å². The van der Waals surface area contributed by atoms with Crippen LogP contribution in [0.2, 0.25) is 0 Å². The summed E-state index contributed by atoms with van der Waals surface area (Å²) in [5.41, 5.74) is 2.71. The molecular weight excluding hydrogens is 172 g/mol. The van der Waals surface area contributed by atoms with Crippen LogP contribution in [0.5, 0.6) is 0 Å². The van der Waals surface area contributed by atoms with E-state index >= 15 is 0 Å². The second-order valence-corrected chi connectivity index (χ2v) is 3.77. The molecule has 1 heteroatoms. The fourth-order valence-corrected chi connectivity index (χ4v) is 1.48. The van der Waals surface area contributed by atoms with E-state index in [1.807, 2.05) is 6.92 Å². The Bertz CT molecular complexity index is 250. The van der Waals surface area contributed by atoms with Crippen molar-refractivity contribution in [3.05, 3.63) is 35.4 Å². The van der Waals surface area contributed by atoms with Gasteiger partial charge in [0.05, 0.1) is 6.10 Å². The van der Waals surface area contributed by atoms with E-state index in [2.05, 4.69) is 31.2 Å². The van der Waals surface area contributed by atoms with Crippen LogP contribution in [0.15, 0.2) is 24.3 Å². The Morgan fingerprint density at radius 1 is 1.07 bits per heavy atom. The largest absolute Gasteiger partial charge is 0.393 e. The van der Waals surface area contributed by atoms with Gasteiger partial charge in [0.2, 0.25) is 0 Å². The van der Waals surface area contributed by atoms with Gasteiger partial charge in [-0.3, -0.25) is 0 Å². The van der Waals surface area contributed by atoms with Crippen molar-refractivity contribution in [3.8, 4) is 0 Å². The Morgan fingerprint density at radius 2 is 1.64 bits per heavy atom. The van der Waals surface area contributed by atoms with Crippen LogP contribution >= 0.6 is 0 Å². The van der Waals surface area contributed by atoms with Crippen molar-refractivity contribution >= 4 is 0 Å². The molecule has 0 aliphatic carbocycles. The molecule has 1 aromatic carbocycles. The highest BCUT2D eigenvalue weighted by atomic mass is 16.3. The molecule has 1 nitrogen and oxygen atoms in total. The van der Waals surface area contributed by atoms with Gasteiger partial charge in [-0.2, -0.15) is 0 Å². The monoisotopic (exact) mass is 192 g/mol. The predicted octanol–water partition coefficient (Wildman–Crippen LogP) is 2.95. The maximum atomic E-state index is 9.42. The third-order valence-corrected chi connectivity index (χ3v) is 2.67. The lowest BCUT2D eigenvalue weighted by Gasteiger charge is -2.07. The van der Waals surface area contributed by atoms with E-state index in [1.54, 1.807) is 0 Å². The summed E-state index contributed by atoms with van der Waals surface area (Å²) < 4.78 is 0. The molecule has 1 aromatic rings. The number of rotatable bonds is 5. The van der Waals surface area contributed by atoms with Gasteiger partial charge in [0.1, 0.15) is 0 Å². The lowest BCUT2D eigenvalue weighted by atomic mass is 10.0. The molecule has 0 heterocycles. The normalized spacial score (nSPS) is 12.8. The number of hydrogen-bond donors (Lipinski definition) is 1. The van der Waals surface area contributed by atoms with Crippen LogP contribution in [0.4, 0.5) is 0 Å². The molecule has 1 N–H and O–H groups in total. The minimum Gasteiger partial charge on any atom is -0.393 e. The average Bonchev–Trinajstić information content (AvgIpc) is 2.26. The number of aryl methyl sites for hydroxylation is 2. The maximum Gasteiger partial charge on any atom is 0.0540 e. The lowest BCUT2D eigenvalue weighted by molar-refractivity contribution is 0.160. The van der Waals surface area contributed by atoms with Crippen LogP contribution in [0, 0.1) is 0 Å². The van der Waals surface area contributed by atoms with Gasteiger partial charge in [-0.1, -0.05) is 38.1 Å². The first-order valence-corrected chi connectivity index (χ1v) is 5.52. The van der Waals surface area contributed by atoms with Crippen LogP contribution in [-0.4, -0.2) is 11.2 Å². The molecule has 14 heavy (non-hydrogen) atoms. The Labute approximate surface area is 86.8 Å². The summed E-state index contributed by atoms with van der Waals surface area (Å²) in [6.45, 7) is 4.18. The summed E-state index contributed by atoms with van der Waals surface area (Å²) >= 11 is 0. The maximum absolute atomic E-state index is 9.42. The number of hydrogen-bond acceptors (Lipinski definition) is 1. The first-order valence-electron chi connectivity index (χ1n) is 5.52. The van der Waals surface area contributed by atoms with Gasteiger partial charge in [0.25, 0.3) is 0 Å². The number of aliphatic hydroxyl groups is 1. The van der Waals surface area contributed by atoms with E-state index < -0.39 is 0 Å². The summed E-state index contributed by atoms with van der Waals surface area (Å²) in [6, 6.07) is 8.68. The molecule has 0 radical (unpaired) electrons. The van der Waals surface area contributed by atoms with Gasteiger partial charge in [-0.05, 0) is 36.8 Å². The third-order valence-electron chi connectivity index (χ3n) is 2.67. The smallest absolute Gasteiger partial charge is 0.0540 e. The van der Waals surface area contributed by atoms with Crippen LogP contribution in [0.25, 0.3) is 0 Å². The van der Waals surface area contributed by atoms with Crippen molar-refractivity contribution in [1.82, 2.24) is 0 Å². The van der Waals surface area contributed by atoms with Gasteiger partial charge in [0.15, 0.2) is 0 Å². The first-order chi connectivity index (χ1) is 6.76. The summed E-state index contributed by atoms with van der Waals surface area (Å²) in [7, 11) is 0. The summed E-state index contributed by atoms with van der Waals surface area (Å²) in [6.07, 6.45) is 3.67. The minimum absolute atomic E-state index is 0.138. The molecule has 0 amide bonds. The SMILES string of the molecule is CCc1ccc(CCC(O)CC)cc1. The van der Waals surface area contributed by atoms with Gasteiger partial charge >= 0.3 is 0 Å². The Morgan fingerprint density at radius 3 is 2.14 bits per heavy atom. The van der Waals surface area contributed by atoms with E-state index in [-0.39, 0.29) is 6.10 Å². The summed E-state index contributed by atoms with van der Waals surface area (Å²) in [5.74, 6) is 0. The summed E-state index contributed by atoms with van der Waals surface area (Å²) in [4.78, 5) is 0. The van der Waals surface area contributed by atoms with Crippen LogP contribution < -0.4 is 0 Å². The van der Waals surface area contributed by atoms with E-state index in [1.165, 1.54) is 11.1 Å². The summed E-state index contributed by atoms with van der Waals surface area (Å²) in [5, 5.41) is 9.42. The average molecular weight is 192 g/mol. The van der Waals surface area contributed by atoms with E-state index in [0.29, 0.717) is 0 Å². The second kappa shape index (κ2) is 5.82. The highest BCUT2D eigenvalue weighted by Gasteiger charge is 2.01. The molecule has 0 aliphatic rings. The van der Waals surface area contributed by atoms with Crippen molar-refractivity contribution < 1.29 is 5.11 Å². The lowest BCUT2D eigenvalue weighted by Crippen LogP contribution is -2.05. The predicted molar refractivity (Wildman–Crippen MR) is 60.4 cm³/mol. The zero-order chi connectivity index (χ0) is 10.4. The highest BCUT2D eigenvalue weighted by molar-refractivity contribution is 5.22. The molecule has 1 unspecified atom stereocenters. The molecule has 78 valence electrons. The van der Waals surface area contributed by atoms with E-state index in [0.717, 1.165) is 25.7 Å². The van der Waals surface area contributed by atoms with E-state index in [9.17, 15) is 5.11 Å². The van der Waals surface area contributed by atoms with Crippen molar-refractivity contribution in [2.24, 2.45) is 0 Å². The van der Waals surface area contributed by atoms with Crippen molar-refractivity contribution in [3.63, 3.8) is 0 Å². The van der Waals surface area contributed by atoms with Gasteiger partial charge in [0, 0.05) is 0 Å². The highest BCUT2D eigenvalue weighted by Crippen LogP contribution is 2.09. The van der Waals surface area contributed by atoms with Crippen molar-refractivity contribution in [1.29, 1.82) is 0 Å². The molecule has 0 spiro atoms. The van der Waals surface area contributed by atoms with Gasteiger partial charge < -0.3 is 5.11 Å². The molecule has 1 rings (SSSR count). The Hall–Kier alpha value is -0.820. The number of benzene rings is 1. The first kappa shape index (κ1) is 11.3. The molecular formula is C13H20O. The van der Waals surface area contributed by atoms with Crippen LogP contribution in [0.3, 0.4) is 0 Å². The Balaban J connectivity index is 2.43. The topological polar surface area (TPSA) is 20.2 Å². The minimum atomic E-state index is -0.138. The standard InChI is InChI=1S/C13H20O/c1-3-11-5-7-12(8-6-11)9-10-13(14)4-2/h5-8,13-14H,3-4,9-10H2,1-2H3. The molecule has 0 fully saturated rings. The fourth-order valence-electron chi connectivity index (χ4n) is 1.48. The molecule has 0 saturated carbocycles. The molecule has 0 bridgehead atoms.